The van der Waals surface area contributed by atoms with Crippen LogP contribution in [-0.2, 0) is 9.59 Å². The van der Waals surface area contributed by atoms with Crippen molar-refractivity contribution in [2.75, 3.05) is 4.90 Å². The molecule has 2 heterocycles. The van der Waals surface area contributed by atoms with Crippen LogP contribution in [-0.4, -0.2) is 27.0 Å². The number of nitrogens with zero attached hydrogens (tertiary/aromatic N) is 3. The normalized spacial score (nSPS) is 18.1. The van der Waals surface area contributed by atoms with Crippen molar-refractivity contribution in [3.05, 3.63) is 94.5 Å². The van der Waals surface area contributed by atoms with Crippen molar-refractivity contribution in [2.24, 2.45) is 0 Å². The predicted molar refractivity (Wildman–Crippen MR) is 120 cm³/mol. The number of ketones is 1. The second-order valence-corrected chi connectivity index (χ2v) is 8.37. The number of rotatable bonds is 3. The molecule has 1 aromatic heterocycles. The summed E-state index contributed by atoms with van der Waals surface area (Å²) >= 11 is 1.23. The Balaban J connectivity index is 1.81. The number of aryl methyl sites for hydroxylation is 1. The molecule has 1 amide bonds. The monoisotopic (exact) mass is 427 g/mol. The van der Waals surface area contributed by atoms with E-state index in [0.717, 1.165) is 16.3 Å². The van der Waals surface area contributed by atoms with Gasteiger partial charge >= 0.3 is 5.91 Å². The lowest BCUT2D eigenvalue weighted by Crippen LogP contribution is -2.29. The molecule has 0 radical (unpaired) electrons. The zero-order valence-electron chi connectivity index (χ0n) is 16.5. The Kier molecular flexibility index (Phi) is 4.60. The first-order valence-corrected chi connectivity index (χ1v) is 10.5. The Morgan fingerprint density at radius 1 is 0.935 bits per heavy atom. The van der Waals surface area contributed by atoms with Crippen molar-refractivity contribution in [3.63, 3.8) is 0 Å². The fraction of sp³-hybridized carbons (Fsp3) is 0.0833. The zero-order chi connectivity index (χ0) is 21.5. The van der Waals surface area contributed by atoms with E-state index in [2.05, 4.69) is 10.2 Å². The van der Waals surface area contributed by atoms with Gasteiger partial charge in [-0.25, -0.2) is 0 Å². The molecule has 7 heteroatoms. The topological polar surface area (TPSA) is 83.4 Å². The van der Waals surface area contributed by atoms with Crippen LogP contribution in [0, 0.1) is 6.92 Å². The second-order valence-electron chi connectivity index (χ2n) is 7.21. The van der Waals surface area contributed by atoms with Gasteiger partial charge in [0.1, 0.15) is 10.8 Å². The number of benzene rings is 3. The molecule has 1 saturated heterocycles. The van der Waals surface area contributed by atoms with Gasteiger partial charge in [0.15, 0.2) is 0 Å². The first-order valence-electron chi connectivity index (χ1n) is 9.70. The number of aliphatic hydroxyl groups is 1. The number of carbonyl (C=O) groups excluding carboxylic acids is 2. The van der Waals surface area contributed by atoms with Gasteiger partial charge in [0.05, 0.1) is 11.6 Å². The molecule has 3 aromatic carbocycles. The van der Waals surface area contributed by atoms with Crippen molar-refractivity contribution in [2.45, 2.75) is 13.0 Å². The number of aromatic nitrogens is 2. The molecule has 1 N–H and O–H groups in total. The van der Waals surface area contributed by atoms with E-state index in [9.17, 15) is 14.7 Å². The molecule has 0 bridgehead atoms. The standard InChI is InChI=1S/C24H17N3O3S/c1-14-25-26-24(31-14)27-20(18-13-7-11-15-8-5-6-12-17(15)18)19(22(29)23(27)30)21(28)16-9-3-2-4-10-16/h2-13,20,28H,1H3. The fourth-order valence-electron chi connectivity index (χ4n) is 3.95. The lowest BCUT2D eigenvalue weighted by Gasteiger charge is -2.24. The summed E-state index contributed by atoms with van der Waals surface area (Å²) in [7, 11) is 0. The fourth-order valence-corrected chi connectivity index (χ4v) is 4.66. The number of Topliss-reactive ketones (excluding diaryl/α,β-unsaturated/α-hetero) is 1. The Labute approximate surface area is 182 Å². The van der Waals surface area contributed by atoms with Crippen molar-refractivity contribution in [3.8, 4) is 0 Å². The lowest BCUT2D eigenvalue weighted by atomic mass is 9.92. The van der Waals surface area contributed by atoms with Crippen LogP contribution in [0.25, 0.3) is 16.5 Å². The van der Waals surface area contributed by atoms with Crippen LogP contribution in [0.15, 0.2) is 78.4 Å². The Morgan fingerprint density at radius 3 is 2.39 bits per heavy atom. The van der Waals surface area contributed by atoms with Gasteiger partial charge in [-0.05, 0) is 23.3 Å². The average Bonchev–Trinajstić information content (AvgIpc) is 3.34. The van der Waals surface area contributed by atoms with Gasteiger partial charge in [-0.3, -0.25) is 14.5 Å². The molecule has 0 saturated carbocycles. The van der Waals surface area contributed by atoms with Crippen LogP contribution in [0.2, 0.25) is 0 Å². The van der Waals surface area contributed by atoms with Gasteiger partial charge in [-0.1, -0.05) is 84.1 Å². The summed E-state index contributed by atoms with van der Waals surface area (Å²) in [5, 5.41) is 22.1. The highest BCUT2D eigenvalue weighted by atomic mass is 32.1. The lowest BCUT2D eigenvalue weighted by molar-refractivity contribution is -0.132. The van der Waals surface area contributed by atoms with Crippen LogP contribution >= 0.6 is 11.3 Å². The molecule has 0 aliphatic carbocycles. The maximum Gasteiger partial charge on any atom is 0.301 e. The third-order valence-electron chi connectivity index (χ3n) is 5.33. The third kappa shape index (κ3) is 3.10. The van der Waals surface area contributed by atoms with Crippen LogP contribution in [0.5, 0.6) is 0 Å². The maximum atomic E-state index is 13.2. The molecule has 0 spiro atoms. The summed E-state index contributed by atoms with van der Waals surface area (Å²) < 4.78 is 0. The third-order valence-corrected chi connectivity index (χ3v) is 6.17. The largest absolute Gasteiger partial charge is 0.507 e. The number of hydrogen-bond acceptors (Lipinski definition) is 6. The SMILES string of the molecule is Cc1nnc(N2C(=O)C(=O)C(=C(O)c3ccccc3)C2c2cccc3ccccc23)s1. The molecule has 1 atom stereocenters. The predicted octanol–water partition coefficient (Wildman–Crippen LogP) is 4.63. The van der Waals surface area contributed by atoms with E-state index in [0.29, 0.717) is 15.7 Å². The van der Waals surface area contributed by atoms with Crippen LogP contribution in [0.4, 0.5) is 5.13 Å². The van der Waals surface area contributed by atoms with E-state index in [4.69, 9.17) is 0 Å². The highest BCUT2D eigenvalue weighted by molar-refractivity contribution is 7.15. The van der Waals surface area contributed by atoms with Gasteiger partial charge in [-0.15, -0.1) is 10.2 Å². The molecule has 1 fully saturated rings. The van der Waals surface area contributed by atoms with E-state index in [-0.39, 0.29) is 11.3 Å². The molecule has 4 aromatic rings. The maximum absolute atomic E-state index is 13.2. The Bertz CT molecular complexity index is 1360. The molecular formula is C24H17N3O3S. The van der Waals surface area contributed by atoms with E-state index in [1.54, 1.807) is 31.2 Å². The van der Waals surface area contributed by atoms with E-state index < -0.39 is 17.7 Å². The summed E-state index contributed by atoms with van der Waals surface area (Å²) in [4.78, 5) is 27.7. The van der Waals surface area contributed by atoms with E-state index in [1.807, 2.05) is 48.5 Å². The van der Waals surface area contributed by atoms with E-state index >= 15 is 0 Å². The van der Waals surface area contributed by atoms with Crippen molar-refractivity contribution >= 4 is 44.7 Å². The van der Waals surface area contributed by atoms with Crippen LogP contribution < -0.4 is 4.90 Å². The minimum atomic E-state index is -0.821. The van der Waals surface area contributed by atoms with Gasteiger partial charge in [0, 0.05) is 5.56 Å². The van der Waals surface area contributed by atoms with Crippen molar-refractivity contribution < 1.29 is 14.7 Å². The minimum absolute atomic E-state index is 0.0420. The van der Waals surface area contributed by atoms with Crippen LogP contribution in [0.1, 0.15) is 22.2 Å². The summed E-state index contributed by atoms with van der Waals surface area (Å²) in [5.41, 5.74) is 1.25. The summed E-state index contributed by atoms with van der Waals surface area (Å²) in [6, 6.07) is 21.4. The van der Waals surface area contributed by atoms with Crippen LogP contribution in [0.3, 0.4) is 0 Å². The summed E-state index contributed by atoms with van der Waals surface area (Å²) in [6.07, 6.45) is 0. The first kappa shape index (κ1) is 19.1. The molecule has 31 heavy (non-hydrogen) atoms. The quantitative estimate of drug-likeness (QED) is 0.293. The Morgan fingerprint density at radius 2 is 1.65 bits per heavy atom. The number of amides is 1. The van der Waals surface area contributed by atoms with Crippen molar-refractivity contribution in [1.29, 1.82) is 0 Å². The molecule has 6 nitrogen and oxygen atoms in total. The summed E-state index contributed by atoms with van der Waals surface area (Å²) in [5.74, 6) is -1.68. The number of aliphatic hydroxyl groups excluding tert-OH is 1. The highest BCUT2D eigenvalue weighted by Crippen LogP contribution is 2.44. The summed E-state index contributed by atoms with van der Waals surface area (Å²) in [6.45, 7) is 1.79. The zero-order valence-corrected chi connectivity index (χ0v) is 17.3. The van der Waals surface area contributed by atoms with Crippen molar-refractivity contribution in [1.82, 2.24) is 10.2 Å². The number of fused-ring (bicyclic) bond motifs is 1. The number of hydrogen-bond donors (Lipinski definition) is 1. The first-order chi connectivity index (χ1) is 15.1. The highest BCUT2D eigenvalue weighted by Gasteiger charge is 2.48. The molecule has 5 rings (SSSR count). The van der Waals surface area contributed by atoms with Gasteiger partial charge in [0.2, 0.25) is 5.13 Å². The molecule has 152 valence electrons. The number of carbonyl (C=O) groups is 2. The Hall–Kier alpha value is -3.84. The van der Waals surface area contributed by atoms with Gasteiger partial charge in [0.25, 0.3) is 5.78 Å². The number of anilines is 1. The molecule has 1 aliphatic rings. The van der Waals surface area contributed by atoms with Gasteiger partial charge in [-0.2, -0.15) is 0 Å². The smallest absolute Gasteiger partial charge is 0.301 e. The molecule has 1 unspecified atom stereocenters. The molecular weight excluding hydrogens is 410 g/mol. The second kappa shape index (κ2) is 7.45. The van der Waals surface area contributed by atoms with E-state index in [1.165, 1.54) is 16.2 Å². The molecule has 1 aliphatic heterocycles. The minimum Gasteiger partial charge on any atom is -0.507 e. The van der Waals surface area contributed by atoms with Gasteiger partial charge < -0.3 is 5.11 Å². The average molecular weight is 427 g/mol.